The number of fused-ring (bicyclic) bond motifs is 9. The lowest BCUT2D eigenvalue weighted by molar-refractivity contribution is 0.563. The van der Waals surface area contributed by atoms with Crippen LogP contribution in [0.3, 0.4) is 0 Å². The van der Waals surface area contributed by atoms with E-state index in [-0.39, 0.29) is 5.41 Å². The van der Waals surface area contributed by atoms with Crippen LogP contribution in [0.1, 0.15) is 47.2 Å². The second-order valence-electron chi connectivity index (χ2n) is 16.2. The Bertz CT molecular complexity index is 3060. The van der Waals surface area contributed by atoms with Gasteiger partial charge in [0.25, 0.3) is 0 Å². The Morgan fingerprint density at radius 1 is 0.322 bits per heavy atom. The average molecular weight is 757 g/mol. The molecular formula is C55H40N4. The smallest absolute Gasteiger partial charge is 0.164 e. The van der Waals surface area contributed by atoms with Crippen molar-refractivity contribution in [3.05, 3.63) is 228 Å². The Morgan fingerprint density at radius 3 is 1.51 bits per heavy atom. The minimum absolute atomic E-state index is 0.274. The fraction of sp³-hybridized carbons (Fsp3) is 0.0727. The summed E-state index contributed by atoms with van der Waals surface area (Å²) in [5.74, 6) is 1.85. The standard InChI is InChI=1S/C55H40N4/c1-54(2)47-28-12-13-29-48(47)55(45-26-10-8-23-42(45)43-24-9-11-27-46(43)55)49-31-30-38(34-50(49)54)41-22-6-7-25-44(41)53-58-51(35-16-4-3-5-17-35)57-52(59-53)39-20-14-18-36(32-39)37-19-15-21-40(56)33-37/h3-34H,56H2,1-2H3. The van der Waals surface area contributed by atoms with Crippen LogP contribution in [-0.4, -0.2) is 15.0 Å². The zero-order chi connectivity index (χ0) is 39.7. The molecule has 4 heteroatoms. The van der Waals surface area contributed by atoms with Crippen molar-refractivity contribution in [2.24, 2.45) is 0 Å². The molecule has 4 nitrogen and oxygen atoms in total. The van der Waals surface area contributed by atoms with Crippen molar-refractivity contribution in [3.63, 3.8) is 0 Å². The molecule has 0 unspecified atom stereocenters. The number of nitrogens with zero attached hydrogens (tertiary/aromatic N) is 3. The first-order chi connectivity index (χ1) is 28.9. The molecule has 1 spiro atoms. The average Bonchev–Trinajstić information content (AvgIpc) is 3.59. The number of hydrogen-bond acceptors (Lipinski definition) is 4. The molecule has 0 aliphatic heterocycles. The highest BCUT2D eigenvalue weighted by Gasteiger charge is 2.53. The predicted molar refractivity (Wildman–Crippen MR) is 241 cm³/mol. The molecule has 11 rings (SSSR count). The van der Waals surface area contributed by atoms with Crippen LogP contribution in [0.25, 0.3) is 67.5 Å². The number of hydrogen-bond donors (Lipinski definition) is 1. The lowest BCUT2D eigenvalue weighted by atomic mass is 9.55. The molecule has 0 radical (unpaired) electrons. The monoisotopic (exact) mass is 756 g/mol. The third kappa shape index (κ3) is 5.33. The van der Waals surface area contributed by atoms with Gasteiger partial charge >= 0.3 is 0 Å². The fourth-order valence-electron chi connectivity index (χ4n) is 9.84. The summed E-state index contributed by atoms with van der Waals surface area (Å²) in [5, 5.41) is 0. The Balaban J connectivity index is 1.11. The van der Waals surface area contributed by atoms with E-state index in [1.165, 1.54) is 44.5 Å². The highest BCUT2D eigenvalue weighted by molar-refractivity contribution is 5.90. The highest BCUT2D eigenvalue weighted by atomic mass is 15.0. The molecule has 0 bridgehead atoms. The molecule has 2 N–H and O–H groups in total. The van der Waals surface area contributed by atoms with Gasteiger partial charge in [0.1, 0.15) is 0 Å². The van der Waals surface area contributed by atoms with E-state index < -0.39 is 5.41 Å². The molecule has 1 aromatic heterocycles. The van der Waals surface area contributed by atoms with Gasteiger partial charge in [-0.05, 0) is 91.0 Å². The van der Waals surface area contributed by atoms with Crippen LogP contribution in [-0.2, 0) is 10.8 Å². The van der Waals surface area contributed by atoms with E-state index in [0.717, 1.165) is 44.6 Å². The summed E-state index contributed by atoms with van der Waals surface area (Å²) in [6.07, 6.45) is 0. The maximum atomic E-state index is 6.18. The maximum absolute atomic E-state index is 6.18. The van der Waals surface area contributed by atoms with Crippen LogP contribution in [0.5, 0.6) is 0 Å². The highest BCUT2D eigenvalue weighted by Crippen LogP contribution is 2.62. The number of benzene rings is 8. The number of rotatable bonds is 5. The quantitative estimate of drug-likeness (QED) is 0.178. The van der Waals surface area contributed by atoms with Crippen LogP contribution < -0.4 is 5.73 Å². The summed E-state index contributed by atoms with van der Waals surface area (Å²) in [7, 11) is 0. The summed E-state index contributed by atoms with van der Waals surface area (Å²) < 4.78 is 0. The van der Waals surface area contributed by atoms with Crippen LogP contribution in [0, 0.1) is 0 Å². The minimum atomic E-state index is -0.444. The summed E-state index contributed by atoms with van der Waals surface area (Å²) in [5.41, 5.74) is 23.9. The van der Waals surface area contributed by atoms with E-state index in [2.05, 4.69) is 166 Å². The van der Waals surface area contributed by atoms with E-state index >= 15 is 0 Å². The van der Waals surface area contributed by atoms with Gasteiger partial charge in [-0.2, -0.15) is 0 Å². The molecule has 280 valence electrons. The van der Waals surface area contributed by atoms with Gasteiger partial charge < -0.3 is 5.73 Å². The zero-order valence-corrected chi connectivity index (χ0v) is 32.9. The second kappa shape index (κ2) is 13.3. The normalized spacial score (nSPS) is 13.9. The lowest BCUT2D eigenvalue weighted by Gasteiger charge is -2.46. The molecule has 1 heterocycles. The molecule has 0 saturated carbocycles. The number of aromatic nitrogens is 3. The van der Waals surface area contributed by atoms with Crippen molar-refractivity contribution >= 4 is 5.69 Å². The van der Waals surface area contributed by atoms with Crippen molar-refractivity contribution in [2.75, 3.05) is 5.73 Å². The number of anilines is 1. The molecule has 0 atom stereocenters. The van der Waals surface area contributed by atoms with E-state index in [0.29, 0.717) is 17.5 Å². The Morgan fingerprint density at radius 2 is 0.814 bits per heavy atom. The van der Waals surface area contributed by atoms with Crippen LogP contribution in [0.15, 0.2) is 194 Å². The third-order valence-electron chi connectivity index (χ3n) is 12.5. The lowest BCUT2D eigenvalue weighted by Crippen LogP contribution is -2.40. The van der Waals surface area contributed by atoms with Crippen molar-refractivity contribution < 1.29 is 0 Å². The molecule has 8 aromatic carbocycles. The van der Waals surface area contributed by atoms with Crippen LogP contribution in [0.2, 0.25) is 0 Å². The topological polar surface area (TPSA) is 64.7 Å². The van der Waals surface area contributed by atoms with Crippen LogP contribution in [0.4, 0.5) is 5.69 Å². The summed E-state index contributed by atoms with van der Waals surface area (Å²) >= 11 is 0. The van der Waals surface area contributed by atoms with Gasteiger partial charge in [0, 0.05) is 27.8 Å². The molecule has 9 aromatic rings. The summed E-state index contributed by atoms with van der Waals surface area (Å²) in [4.78, 5) is 15.5. The van der Waals surface area contributed by atoms with Crippen molar-refractivity contribution in [2.45, 2.75) is 24.7 Å². The van der Waals surface area contributed by atoms with Gasteiger partial charge in [-0.1, -0.05) is 184 Å². The third-order valence-corrected chi connectivity index (χ3v) is 12.5. The van der Waals surface area contributed by atoms with Crippen molar-refractivity contribution in [1.29, 1.82) is 0 Å². The van der Waals surface area contributed by atoms with E-state index in [9.17, 15) is 0 Å². The SMILES string of the molecule is CC1(C)c2ccccc2C2(c3ccccc3-c3ccccc32)c2ccc(-c3ccccc3-c3nc(-c4ccccc4)nc(-c4cccc(-c5cccc(N)c5)c4)n3)cc21. The first kappa shape index (κ1) is 34.8. The van der Waals surface area contributed by atoms with Crippen LogP contribution >= 0.6 is 0 Å². The van der Waals surface area contributed by atoms with Gasteiger partial charge in [0.2, 0.25) is 0 Å². The first-order valence-electron chi connectivity index (χ1n) is 20.2. The summed E-state index contributed by atoms with van der Waals surface area (Å²) in [6, 6.07) is 69.2. The molecule has 59 heavy (non-hydrogen) atoms. The van der Waals surface area contributed by atoms with Gasteiger partial charge in [-0.25, -0.2) is 15.0 Å². The Kier molecular flexibility index (Phi) is 7.86. The predicted octanol–water partition coefficient (Wildman–Crippen LogP) is 12.8. The van der Waals surface area contributed by atoms with Gasteiger partial charge in [0.15, 0.2) is 17.5 Å². The number of nitrogens with two attached hydrogens (primary N) is 1. The molecule has 2 aliphatic rings. The van der Waals surface area contributed by atoms with E-state index in [1.54, 1.807) is 0 Å². The zero-order valence-electron chi connectivity index (χ0n) is 32.9. The largest absolute Gasteiger partial charge is 0.399 e. The Labute approximate surface area is 344 Å². The van der Waals surface area contributed by atoms with Gasteiger partial charge in [-0.15, -0.1) is 0 Å². The minimum Gasteiger partial charge on any atom is -0.399 e. The molecule has 2 aliphatic carbocycles. The van der Waals surface area contributed by atoms with Gasteiger partial charge in [-0.3, -0.25) is 0 Å². The van der Waals surface area contributed by atoms with Crippen molar-refractivity contribution in [3.8, 4) is 67.5 Å². The molecule has 0 fully saturated rings. The van der Waals surface area contributed by atoms with E-state index in [1.807, 2.05) is 42.5 Å². The fourth-order valence-corrected chi connectivity index (χ4v) is 9.84. The first-order valence-corrected chi connectivity index (χ1v) is 20.2. The Hall–Kier alpha value is -7.43. The molecule has 0 saturated heterocycles. The maximum Gasteiger partial charge on any atom is 0.164 e. The van der Waals surface area contributed by atoms with Crippen molar-refractivity contribution in [1.82, 2.24) is 15.0 Å². The molecule has 0 amide bonds. The summed E-state index contributed by atoms with van der Waals surface area (Å²) in [6.45, 7) is 4.75. The van der Waals surface area contributed by atoms with E-state index in [4.69, 9.17) is 20.7 Å². The number of nitrogen functional groups attached to an aromatic ring is 1. The second-order valence-corrected chi connectivity index (χ2v) is 16.2. The van der Waals surface area contributed by atoms with Gasteiger partial charge in [0.05, 0.1) is 5.41 Å². The molecular weight excluding hydrogens is 717 g/mol.